The number of nitrogens with zero attached hydrogens (tertiary/aromatic N) is 2. The Labute approximate surface area is 155 Å². The zero-order valence-electron chi connectivity index (χ0n) is 15.4. The summed E-state index contributed by atoms with van der Waals surface area (Å²) in [5.41, 5.74) is 3.25. The molecule has 2 rings (SSSR count). The lowest BCUT2D eigenvalue weighted by Crippen LogP contribution is -2.26. The van der Waals surface area contributed by atoms with Crippen LogP contribution >= 0.6 is 0 Å². The fraction of sp³-hybridized carbons (Fsp3) is 0.273. The van der Waals surface area contributed by atoms with Gasteiger partial charge in [0, 0.05) is 25.3 Å². The first kappa shape index (κ1) is 19.3. The monoisotopic (exact) mass is 347 g/mol. The summed E-state index contributed by atoms with van der Waals surface area (Å²) in [6, 6.07) is 19.8. The molecule has 0 spiro atoms. The molecule has 0 aliphatic heterocycles. The summed E-state index contributed by atoms with van der Waals surface area (Å²) in [5, 5.41) is 12.1. The van der Waals surface area contributed by atoms with Crippen LogP contribution in [-0.2, 0) is 11.2 Å². The van der Waals surface area contributed by atoms with Gasteiger partial charge in [-0.3, -0.25) is 4.79 Å². The molecule has 4 nitrogen and oxygen atoms in total. The van der Waals surface area contributed by atoms with E-state index in [1.165, 1.54) is 0 Å². The van der Waals surface area contributed by atoms with E-state index in [1.54, 1.807) is 6.08 Å². The van der Waals surface area contributed by atoms with E-state index in [9.17, 15) is 10.1 Å². The smallest absolute Gasteiger partial charge is 0.261 e. The van der Waals surface area contributed by atoms with Crippen molar-refractivity contribution in [3.63, 3.8) is 0 Å². The Morgan fingerprint density at radius 3 is 2.31 bits per heavy atom. The summed E-state index contributed by atoms with van der Waals surface area (Å²) < 4.78 is 0. The lowest BCUT2D eigenvalue weighted by Gasteiger charge is -2.20. The van der Waals surface area contributed by atoms with Crippen LogP contribution in [0.25, 0.3) is 6.08 Å². The number of rotatable bonds is 8. The van der Waals surface area contributed by atoms with Gasteiger partial charge in [-0.2, -0.15) is 5.26 Å². The van der Waals surface area contributed by atoms with E-state index in [1.807, 2.05) is 60.7 Å². The fourth-order valence-corrected chi connectivity index (χ4v) is 2.75. The molecule has 0 heterocycles. The highest BCUT2D eigenvalue weighted by atomic mass is 16.1. The van der Waals surface area contributed by atoms with Gasteiger partial charge < -0.3 is 10.2 Å². The Bertz CT molecular complexity index is 769. The van der Waals surface area contributed by atoms with Gasteiger partial charge in [0.05, 0.1) is 0 Å². The van der Waals surface area contributed by atoms with Crippen molar-refractivity contribution in [2.24, 2.45) is 0 Å². The third-order valence-electron chi connectivity index (χ3n) is 4.24. The lowest BCUT2D eigenvalue weighted by molar-refractivity contribution is -0.117. The molecule has 26 heavy (non-hydrogen) atoms. The van der Waals surface area contributed by atoms with Crippen molar-refractivity contribution in [2.45, 2.75) is 20.3 Å². The SMILES string of the molecule is CCN(CC)c1ccc(/C=C(\C#N)C(=O)NCCc2ccccc2)cc1. The summed E-state index contributed by atoms with van der Waals surface area (Å²) in [5.74, 6) is -0.337. The normalized spacial score (nSPS) is 10.9. The van der Waals surface area contributed by atoms with Crippen molar-refractivity contribution in [3.8, 4) is 6.07 Å². The van der Waals surface area contributed by atoms with Gasteiger partial charge in [-0.1, -0.05) is 42.5 Å². The number of nitriles is 1. The Hall–Kier alpha value is -3.06. The minimum atomic E-state index is -0.337. The molecule has 0 unspecified atom stereocenters. The molecule has 0 atom stereocenters. The van der Waals surface area contributed by atoms with Crippen LogP contribution in [0, 0.1) is 11.3 Å². The first-order valence-electron chi connectivity index (χ1n) is 8.96. The molecule has 0 aliphatic rings. The average Bonchev–Trinajstić information content (AvgIpc) is 2.69. The topological polar surface area (TPSA) is 56.1 Å². The van der Waals surface area contributed by atoms with Crippen molar-refractivity contribution in [1.82, 2.24) is 5.32 Å². The van der Waals surface area contributed by atoms with Crippen molar-refractivity contribution < 1.29 is 4.79 Å². The van der Waals surface area contributed by atoms with Gasteiger partial charge in [-0.25, -0.2) is 0 Å². The minimum Gasteiger partial charge on any atom is -0.372 e. The summed E-state index contributed by atoms with van der Waals surface area (Å²) >= 11 is 0. The number of hydrogen-bond donors (Lipinski definition) is 1. The Morgan fingerprint density at radius 1 is 1.08 bits per heavy atom. The Morgan fingerprint density at radius 2 is 1.73 bits per heavy atom. The first-order chi connectivity index (χ1) is 12.7. The molecule has 2 aromatic rings. The maximum absolute atomic E-state index is 12.2. The van der Waals surface area contributed by atoms with Crippen LogP contribution in [-0.4, -0.2) is 25.5 Å². The van der Waals surface area contributed by atoms with Crippen LogP contribution in [0.4, 0.5) is 5.69 Å². The predicted molar refractivity (Wildman–Crippen MR) is 107 cm³/mol. The summed E-state index contributed by atoms with van der Waals surface area (Å²) in [4.78, 5) is 14.5. The second-order valence-corrected chi connectivity index (χ2v) is 5.93. The van der Waals surface area contributed by atoms with Crippen molar-refractivity contribution in [3.05, 3.63) is 71.3 Å². The third-order valence-corrected chi connectivity index (χ3v) is 4.24. The van der Waals surface area contributed by atoms with Crippen LogP contribution in [0.2, 0.25) is 0 Å². The number of carbonyl (C=O) groups excluding carboxylic acids is 1. The Balaban J connectivity index is 1.98. The van der Waals surface area contributed by atoms with Crippen LogP contribution in [0.1, 0.15) is 25.0 Å². The molecule has 0 aromatic heterocycles. The van der Waals surface area contributed by atoms with Crippen LogP contribution < -0.4 is 10.2 Å². The summed E-state index contributed by atoms with van der Waals surface area (Å²) in [6.07, 6.45) is 2.37. The average molecular weight is 347 g/mol. The fourth-order valence-electron chi connectivity index (χ4n) is 2.75. The molecule has 1 amide bonds. The van der Waals surface area contributed by atoms with Gasteiger partial charge in [0.15, 0.2) is 0 Å². The van der Waals surface area contributed by atoms with Crippen molar-refractivity contribution in [1.29, 1.82) is 5.26 Å². The largest absolute Gasteiger partial charge is 0.372 e. The van der Waals surface area contributed by atoms with Gasteiger partial charge >= 0.3 is 0 Å². The second kappa shape index (κ2) is 10.0. The number of benzene rings is 2. The number of anilines is 1. The van der Waals surface area contributed by atoms with Gasteiger partial charge in [0.2, 0.25) is 0 Å². The number of carbonyl (C=O) groups is 1. The van der Waals surface area contributed by atoms with E-state index in [-0.39, 0.29) is 11.5 Å². The molecule has 0 aliphatic carbocycles. The molecule has 2 aromatic carbocycles. The molecule has 0 radical (unpaired) electrons. The highest BCUT2D eigenvalue weighted by Crippen LogP contribution is 2.16. The van der Waals surface area contributed by atoms with E-state index in [2.05, 4.69) is 24.1 Å². The van der Waals surface area contributed by atoms with Crippen LogP contribution in [0.15, 0.2) is 60.2 Å². The highest BCUT2D eigenvalue weighted by molar-refractivity contribution is 6.01. The maximum atomic E-state index is 12.2. The van der Waals surface area contributed by atoms with Crippen molar-refractivity contribution in [2.75, 3.05) is 24.5 Å². The van der Waals surface area contributed by atoms with E-state index in [0.29, 0.717) is 6.54 Å². The molecule has 134 valence electrons. The highest BCUT2D eigenvalue weighted by Gasteiger charge is 2.09. The van der Waals surface area contributed by atoms with Crippen LogP contribution in [0.5, 0.6) is 0 Å². The minimum absolute atomic E-state index is 0.119. The zero-order chi connectivity index (χ0) is 18.8. The maximum Gasteiger partial charge on any atom is 0.261 e. The van der Waals surface area contributed by atoms with Gasteiger partial charge in [0.1, 0.15) is 11.6 Å². The molecule has 0 saturated heterocycles. The number of amides is 1. The number of nitrogens with one attached hydrogen (secondary N) is 1. The van der Waals surface area contributed by atoms with E-state index in [0.717, 1.165) is 36.3 Å². The van der Waals surface area contributed by atoms with Gasteiger partial charge in [-0.05, 0) is 49.6 Å². The van der Waals surface area contributed by atoms with E-state index >= 15 is 0 Å². The predicted octanol–water partition coefficient (Wildman–Crippen LogP) is 3.80. The second-order valence-electron chi connectivity index (χ2n) is 5.93. The van der Waals surface area contributed by atoms with Crippen molar-refractivity contribution >= 4 is 17.7 Å². The molecular formula is C22H25N3O. The molecule has 1 N–H and O–H groups in total. The lowest BCUT2D eigenvalue weighted by atomic mass is 10.1. The van der Waals surface area contributed by atoms with Gasteiger partial charge in [-0.15, -0.1) is 0 Å². The summed E-state index contributed by atoms with van der Waals surface area (Å²) in [7, 11) is 0. The number of hydrogen-bond acceptors (Lipinski definition) is 3. The molecular weight excluding hydrogens is 322 g/mol. The summed E-state index contributed by atoms with van der Waals surface area (Å²) in [6.45, 7) is 6.62. The van der Waals surface area contributed by atoms with E-state index < -0.39 is 0 Å². The third kappa shape index (κ3) is 5.49. The first-order valence-corrected chi connectivity index (χ1v) is 8.96. The molecule has 4 heteroatoms. The molecule has 0 fully saturated rings. The van der Waals surface area contributed by atoms with Gasteiger partial charge in [0.25, 0.3) is 5.91 Å². The Kier molecular flexibility index (Phi) is 7.45. The molecule has 0 saturated carbocycles. The zero-order valence-corrected chi connectivity index (χ0v) is 15.4. The molecule has 0 bridgehead atoms. The van der Waals surface area contributed by atoms with Crippen LogP contribution in [0.3, 0.4) is 0 Å². The standard InChI is InChI=1S/C22H25N3O/c1-3-25(4-2)21-12-10-19(11-13-21)16-20(17-23)22(26)24-15-14-18-8-6-5-7-9-18/h5-13,16H,3-4,14-15H2,1-2H3,(H,24,26)/b20-16+. The quantitative estimate of drug-likeness (QED) is 0.584. The van der Waals surface area contributed by atoms with E-state index in [4.69, 9.17) is 0 Å².